The summed E-state index contributed by atoms with van der Waals surface area (Å²) in [6, 6.07) is 26.3. The fraction of sp³-hybridized carbons (Fsp3) is 0.231. The van der Waals surface area contributed by atoms with Crippen LogP contribution in [0.2, 0.25) is 0 Å². The Morgan fingerprint density at radius 1 is 0.839 bits per heavy atom. The molecule has 1 amide bonds. The largest absolute Gasteiger partial charge is 0.497 e. The number of hydrogen-bond donors (Lipinski definition) is 1. The maximum absolute atomic E-state index is 12.9. The van der Waals surface area contributed by atoms with Crippen LogP contribution in [0.15, 0.2) is 84.9 Å². The van der Waals surface area contributed by atoms with E-state index in [9.17, 15) is 9.59 Å². The number of hydrogen-bond acceptors (Lipinski definition) is 4. The molecule has 1 atom stereocenters. The standard InChI is InChI=1S/C26H27NO4/c1-30-23-14-12-20(13-15-23)18-27-25(28)17-16-24(26(29)22-10-6-3-7-11-22)31-19-21-8-4-2-5-9-21/h2-15,24H,16-19H2,1H3,(H,27,28)/t24-/m0/s1. The molecule has 3 aromatic rings. The van der Waals surface area contributed by atoms with Crippen molar-refractivity contribution in [3.8, 4) is 5.75 Å². The van der Waals surface area contributed by atoms with Crippen molar-refractivity contribution in [3.05, 3.63) is 102 Å². The Bertz CT molecular complexity index is 956. The van der Waals surface area contributed by atoms with Gasteiger partial charge in [0.25, 0.3) is 0 Å². The summed E-state index contributed by atoms with van der Waals surface area (Å²) in [6.07, 6.45) is -0.169. The van der Waals surface area contributed by atoms with E-state index in [1.807, 2.05) is 72.8 Å². The summed E-state index contributed by atoms with van der Waals surface area (Å²) < 4.78 is 11.1. The summed E-state index contributed by atoms with van der Waals surface area (Å²) in [5.41, 5.74) is 2.54. The molecule has 31 heavy (non-hydrogen) atoms. The molecule has 0 fully saturated rings. The summed E-state index contributed by atoms with van der Waals surface area (Å²) in [6.45, 7) is 0.739. The minimum absolute atomic E-state index is 0.112. The summed E-state index contributed by atoms with van der Waals surface area (Å²) in [7, 11) is 1.61. The van der Waals surface area contributed by atoms with Crippen molar-refractivity contribution in [1.82, 2.24) is 5.32 Å². The quantitative estimate of drug-likeness (QED) is 0.465. The van der Waals surface area contributed by atoms with Crippen molar-refractivity contribution in [2.75, 3.05) is 7.11 Å². The molecule has 0 heterocycles. The average molecular weight is 418 g/mol. The molecule has 0 aliphatic heterocycles. The van der Waals surface area contributed by atoms with Gasteiger partial charge in [-0.3, -0.25) is 9.59 Å². The van der Waals surface area contributed by atoms with Crippen LogP contribution in [-0.4, -0.2) is 24.9 Å². The van der Waals surface area contributed by atoms with Crippen molar-refractivity contribution in [2.45, 2.75) is 32.1 Å². The first kappa shape index (κ1) is 22.2. The SMILES string of the molecule is COc1ccc(CNC(=O)CC[C@H](OCc2ccccc2)C(=O)c2ccccc2)cc1. The maximum atomic E-state index is 12.9. The molecule has 0 saturated heterocycles. The predicted molar refractivity (Wildman–Crippen MR) is 120 cm³/mol. The van der Waals surface area contributed by atoms with E-state index < -0.39 is 6.10 Å². The van der Waals surface area contributed by atoms with E-state index in [0.717, 1.165) is 16.9 Å². The smallest absolute Gasteiger partial charge is 0.220 e. The lowest BCUT2D eigenvalue weighted by atomic mass is 10.0. The highest BCUT2D eigenvalue weighted by molar-refractivity contribution is 5.99. The number of rotatable bonds is 11. The van der Waals surface area contributed by atoms with Gasteiger partial charge in [0.2, 0.25) is 5.91 Å². The summed E-state index contributed by atoms with van der Waals surface area (Å²) in [5.74, 6) is 0.539. The molecular formula is C26H27NO4. The molecule has 160 valence electrons. The predicted octanol–water partition coefficient (Wildman–Crippen LogP) is 4.56. The number of carbonyl (C=O) groups is 2. The summed E-state index contributed by atoms with van der Waals surface area (Å²) in [5, 5.41) is 2.90. The number of Topliss-reactive ketones (excluding diaryl/α,β-unsaturated/α-hetero) is 1. The van der Waals surface area contributed by atoms with Crippen molar-refractivity contribution >= 4 is 11.7 Å². The molecule has 0 aromatic heterocycles. The van der Waals surface area contributed by atoms with Gasteiger partial charge in [0.15, 0.2) is 5.78 Å². The monoisotopic (exact) mass is 417 g/mol. The first-order chi connectivity index (χ1) is 15.2. The van der Waals surface area contributed by atoms with Gasteiger partial charge in [0.1, 0.15) is 11.9 Å². The van der Waals surface area contributed by atoms with Crippen LogP contribution >= 0.6 is 0 Å². The van der Waals surface area contributed by atoms with E-state index in [-0.39, 0.29) is 18.1 Å². The second kappa shape index (κ2) is 11.7. The fourth-order valence-electron chi connectivity index (χ4n) is 3.14. The van der Waals surface area contributed by atoms with Gasteiger partial charge in [-0.15, -0.1) is 0 Å². The van der Waals surface area contributed by atoms with Crippen LogP contribution in [0, 0.1) is 0 Å². The lowest BCUT2D eigenvalue weighted by molar-refractivity contribution is -0.121. The van der Waals surface area contributed by atoms with E-state index in [1.54, 1.807) is 19.2 Å². The number of carbonyl (C=O) groups excluding carboxylic acids is 2. The first-order valence-electron chi connectivity index (χ1n) is 10.3. The van der Waals surface area contributed by atoms with E-state index in [1.165, 1.54) is 0 Å². The third-order valence-corrected chi connectivity index (χ3v) is 4.93. The highest BCUT2D eigenvalue weighted by Gasteiger charge is 2.22. The molecule has 0 aliphatic rings. The minimum Gasteiger partial charge on any atom is -0.497 e. The Morgan fingerprint density at radius 3 is 2.13 bits per heavy atom. The summed E-state index contributed by atoms with van der Waals surface area (Å²) >= 11 is 0. The van der Waals surface area contributed by atoms with Crippen LogP contribution in [0.25, 0.3) is 0 Å². The fourth-order valence-corrected chi connectivity index (χ4v) is 3.14. The van der Waals surface area contributed by atoms with Gasteiger partial charge < -0.3 is 14.8 Å². The van der Waals surface area contributed by atoms with Crippen LogP contribution in [-0.2, 0) is 22.7 Å². The highest BCUT2D eigenvalue weighted by atomic mass is 16.5. The molecule has 1 N–H and O–H groups in total. The molecule has 3 aromatic carbocycles. The minimum atomic E-state index is -0.686. The first-order valence-corrected chi connectivity index (χ1v) is 10.3. The number of ether oxygens (including phenoxy) is 2. The molecule has 0 unspecified atom stereocenters. The van der Waals surface area contributed by atoms with Gasteiger partial charge in [-0.25, -0.2) is 0 Å². The van der Waals surface area contributed by atoms with Crippen LogP contribution < -0.4 is 10.1 Å². The van der Waals surface area contributed by atoms with Crippen molar-refractivity contribution in [3.63, 3.8) is 0 Å². The summed E-state index contributed by atoms with van der Waals surface area (Å²) in [4.78, 5) is 25.3. The van der Waals surface area contributed by atoms with Gasteiger partial charge in [0.05, 0.1) is 13.7 Å². The van der Waals surface area contributed by atoms with E-state index >= 15 is 0 Å². The molecule has 5 heteroatoms. The Morgan fingerprint density at radius 2 is 1.48 bits per heavy atom. The van der Waals surface area contributed by atoms with Crippen LogP contribution in [0.4, 0.5) is 0 Å². The molecule has 0 bridgehead atoms. The van der Waals surface area contributed by atoms with Gasteiger partial charge in [-0.1, -0.05) is 72.8 Å². The molecule has 0 radical (unpaired) electrons. The third-order valence-electron chi connectivity index (χ3n) is 4.93. The zero-order chi connectivity index (χ0) is 21.9. The average Bonchev–Trinajstić information content (AvgIpc) is 2.84. The number of nitrogens with one attached hydrogen (secondary N) is 1. The van der Waals surface area contributed by atoms with Crippen LogP contribution in [0.3, 0.4) is 0 Å². The van der Waals surface area contributed by atoms with E-state index in [0.29, 0.717) is 25.1 Å². The second-order valence-corrected chi connectivity index (χ2v) is 7.18. The topological polar surface area (TPSA) is 64.6 Å². The van der Waals surface area contributed by atoms with Crippen LogP contribution in [0.5, 0.6) is 5.75 Å². The van der Waals surface area contributed by atoms with Crippen LogP contribution in [0.1, 0.15) is 34.3 Å². The molecule has 3 rings (SSSR count). The number of methoxy groups -OCH3 is 1. The van der Waals surface area contributed by atoms with E-state index in [4.69, 9.17) is 9.47 Å². The lowest BCUT2D eigenvalue weighted by Crippen LogP contribution is -2.29. The van der Waals surface area contributed by atoms with E-state index in [2.05, 4.69) is 5.32 Å². The Kier molecular flexibility index (Phi) is 8.38. The van der Waals surface area contributed by atoms with Crippen molar-refractivity contribution in [2.24, 2.45) is 0 Å². The number of benzene rings is 3. The molecule has 0 aliphatic carbocycles. The highest BCUT2D eigenvalue weighted by Crippen LogP contribution is 2.15. The van der Waals surface area contributed by atoms with Gasteiger partial charge >= 0.3 is 0 Å². The molecular weight excluding hydrogens is 390 g/mol. The third kappa shape index (κ3) is 7.08. The maximum Gasteiger partial charge on any atom is 0.220 e. The van der Waals surface area contributed by atoms with Crippen molar-refractivity contribution in [1.29, 1.82) is 0 Å². The Labute approximate surface area is 183 Å². The normalized spacial score (nSPS) is 11.5. The second-order valence-electron chi connectivity index (χ2n) is 7.18. The van der Waals surface area contributed by atoms with Crippen molar-refractivity contribution < 1.29 is 19.1 Å². The number of ketones is 1. The van der Waals surface area contributed by atoms with Gasteiger partial charge in [-0.05, 0) is 29.7 Å². The zero-order valence-electron chi connectivity index (χ0n) is 17.6. The molecule has 5 nitrogen and oxygen atoms in total. The molecule has 0 saturated carbocycles. The zero-order valence-corrected chi connectivity index (χ0v) is 17.6. The molecule has 0 spiro atoms. The van der Waals surface area contributed by atoms with Gasteiger partial charge in [0, 0.05) is 18.5 Å². The lowest BCUT2D eigenvalue weighted by Gasteiger charge is -2.17. The Balaban J connectivity index is 1.56. The number of amides is 1. The Hall–Kier alpha value is -3.44. The van der Waals surface area contributed by atoms with Gasteiger partial charge in [-0.2, -0.15) is 0 Å².